The van der Waals surface area contributed by atoms with Gasteiger partial charge in [0.15, 0.2) is 11.4 Å². The zero-order chi connectivity index (χ0) is 23.2. The molecule has 0 aliphatic heterocycles. The Balaban J connectivity index is 1.79. The normalized spacial score (nSPS) is 14.9. The number of alkyl halides is 3. The van der Waals surface area contributed by atoms with Gasteiger partial charge in [0, 0.05) is 0 Å². The number of halogens is 6. The average molecular weight is 474 g/mol. The molecule has 2 heterocycles. The molecule has 1 aliphatic rings. The number of pyridine rings is 2. The van der Waals surface area contributed by atoms with Crippen LogP contribution in [0.3, 0.4) is 0 Å². The van der Waals surface area contributed by atoms with Crippen molar-refractivity contribution >= 4 is 28.7 Å². The molecule has 3 aromatic rings. The Labute approximate surface area is 181 Å². The van der Waals surface area contributed by atoms with Crippen molar-refractivity contribution in [3.8, 4) is 11.4 Å². The lowest BCUT2D eigenvalue weighted by Crippen LogP contribution is -2.48. The third kappa shape index (κ3) is 4.24. The van der Waals surface area contributed by atoms with Gasteiger partial charge in [0.2, 0.25) is 5.43 Å². The maximum absolute atomic E-state index is 14.4. The van der Waals surface area contributed by atoms with Gasteiger partial charge in [-0.05, 0) is 43.0 Å². The molecule has 1 N–H and O–H groups in total. The van der Waals surface area contributed by atoms with Gasteiger partial charge in [0.25, 0.3) is 0 Å². The van der Waals surface area contributed by atoms with Crippen molar-refractivity contribution in [1.82, 2.24) is 14.9 Å². The quantitative estimate of drug-likeness (QED) is 0.438. The Morgan fingerprint density at radius 2 is 1.84 bits per heavy atom. The first-order valence-electron chi connectivity index (χ1n) is 9.27. The maximum atomic E-state index is 14.4. The van der Waals surface area contributed by atoms with Crippen LogP contribution in [-0.4, -0.2) is 27.9 Å². The van der Waals surface area contributed by atoms with E-state index in [1.807, 2.05) is 0 Å². The van der Waals surface area contributed by atoms with Crippen molar-refractivity contribution in [1.29, 1.82) is 0 Å². The summed E-state index contributed by atoms with van der Waals surface area (Å²) in [5, 5.41) is 1.40. The van der Waals surface area contributed by atoms with Crippen LogP contribution in [0.15, 0.2) is 41.3 Å². The van der Waals surface area contributed by atoms with Crippen LogP contribution in [0.5, 0.6) is 5.75 Å². The number of nitrogens with one attached hydrogen (secondary N) is 1. The van der Waals surface area contributed by atoms with E-state index in [0.717, 1.165) is 29.0 Å². The van der Waals surface area contributed by atoms with Crippen molar-refractivity contribution in [3.05, 3.63) is 63.5 Å². The van der Waals surface area contributed by atoms with E-state index < -0.39 is 52.7 Å². The number of aromatic nitrogens is 2. The molecule has 32 heavy (non-hydrogen) atoms. The molecule has 4 rings (SSSR count). The van der Waals surface area contributed by atoms with E-state index in [2.05, 4.69) is 4.98 Å². The van der Waals surface area contributed by atoms with E-state index in [-0.39, 0.29) is 29.0 Å². The predicted molar refractivity (Wildman–Crippen MR) is 104 cm³/mol. The highest BCUT2D eigenvalue weighted by molar-refractivity contribution is 6.29. The Hall–Kier alpha value is -3.21. The highest BCUT2D eigenvalue weighted by Crippen LogP contribution is 2.40. The third-order valence-corrected chi connectivity index (χ3v) is 5.10. The smallest absolute Gasteiger partial charge is 0.405 e. The first kappa shape index (κ1) is 22.0. The molecular formula is C20H13ClF5N3O3. The van der Waals surface area contributed by atoms with E-state index >= 15 is 0 Å². The SMILES string of the molecule is O=C(NC(C1CC1)C(F)(F)F)Oc1cn(-c2c(F)cccc2F)c2nc(Cl)ccc2c1=O. The number of ether oxygens (including phenoxy) is 1. The molecule has 0 saturated heterocycles. The fraction of sp³-hybridized carbons (Fsp3) is 0.250. The zero-order valence-electron chi connectivity index (χ0n) is 15.9. The summed E-state index contributed by atoms with van der Waals surface area (Å²) < 4.78 is 74.0. The minimum atomic E-state index is -4.71. The molecule has 12 heteroatoms. The monoisotopic (exact) mass is 473 g/mol. The van der Waals surface area contributed by atoms with Gasteiger partial charge < -0.3 is 10.1 Å². The van der Waals surface area contributed by atoms with Crippen LogP contribution in [0, 0.1) is 17.6 Å². The van der Waals surface area contributed by atoms with Gasteiger partial charge in [0.1, 0.15) is 28.5 Å². The molecule has 1 aromatic carbocycles. The van der Waals surface area contributed by atoms with Crippen LogP contribution < -0.4 is 15.5 Å². The number of nitrogens with zero attached hydrogens (tertiary/aromatic N) is 2. The Bertz CT molecular complexity index is 1250. The largest absolute Gasteiger partial charge is 0.413 e. The Morgan fingerprint density at radius 1 is 1.19 bits per heavy atom. The van der Waals surface area contributed by atoms with Crippen LogP contribution in [0.1, 0.15) is 12.8 Å². The Kier molecular flexibility index (Phi) is 5.53. The van der Waals surface area contributed by atoms with E-state index in [9.17, 15) is 31.5 Å². The number of hydrogen-bond donors (Lipinski definition) is 1. The van der Waals surface area contributed by atoms with Gasteiger partial charge in [-0.3, -0.25) is 9.36 Å². The number of carbonyl (C=O) groups is 1. The van der Waals surface area contributed by atoms with Gasteiger partial charge >= 0.3 is 12.3 Å². The molecular weight excluding hydrogens is 461 g/mol. The van der Waals surface area contributed by atoms with Gasteiger partial charge in [0.05, 0.1) is 11.6 Å². The lowest BCUT2D eigenvalue weighted by Gasteiger charge is -2.21. The predicted octanol–water partition coefficient (Wildman–Crippen LogP) is 4.75. The molecule has 1 amide bonds. The third-order valence-electron chi connectivity index (χ3n) is 4.88. The number of carbonyl (C=O) groups excluding carboxylic acids is 1. The van der Waals surface area contributed by atoms with Crippen LogP contribution >= 0.6 is 11.6 Å². The highest BCUT2D eigenvalue weighted by Gasteiger charge is 2.50. The molecule has 1 fully saturated rings. The number of rotatable bonds is 4. The number of fused-ring (bicyclic) bond motifs is 1. The maximum Gasteiger partial charge on any atom is 0.413 e. The second kappa shape index (κ2) is 8.05. The molecule has 6 nitrogen and oxygen atoms in total. The van der Waals surface area contributed by atoms with Crippen molar-refractivity contribution in [2.24, 2.45) is 5.92 Å². The van der Waals surface area contributed by atoms with Gasteiger partial charge in [-0.1, -0.05) is 17.7 Å². The summed E-state index contributed by atoms with van der Waals surface area (Å²) in [6.45, 7) is 0. The second-order valence-electron chi connectivity index (χ2n) is 7.16. The van der Waals surface area contributed by atoms with E-state index in [0.29, 0.717) is 0 Å². The van der Waals surface area contributed by atoms with Crippen molar-refractivity contribution in [3.63, 3.8) is 0 Å². The minimum absolute atomic E-state index is 0.0914. The van der Waals surface area contributed by atoms with Crippen LogP contribution in [-0.2, 0) is 0 Å². The summed E-state index contributed by atoms with van der Waals surface area (Å²) in [5.74, 6) is -3.59. The zero-order valence-corrected chi connectivity index (χ0v) is 16.7. The first-order valence-corrected chi connectivity index (χ1v) is 9.65. The summed E-state index contributed by atoms with van der Waals surface area (Å²) in [4.78, 5) is 28.8. The van der Waals surface area contributed by atoms with Gasteiger partial charge in [-0.2, -0.15) is 13.2 Å². The summed E-state index contributed by atoms with van der Waals surface area (Å²) >= 11 is 5.85. The van der Waals surface area contributed by atoms with Gasteiger partial charge in [-0.25, -0.2) is 18.6 Å². The lowest BCUT2D eigenvalue weighted by atomic mass is 10.2. The highest BCUT2D eigenvalue weighted by atomic mass is 35.5. The van der Waals surface area contributed by atoms with Crippen LogP contribution in [0.2, 0.25) is 5.15 Å². The van der Waals surface area contributed by atoms with Crippen LogP contribution in [0.4, 0.5) is 26.7 Å². The fourth-order valence-corrected chi connectivity index (χ4v) is 3.41. The topological polar surface area (TPSA) is 73.2 Å². The molecule has 2 aromatic heterocycles. The second-order valence-corrected chi connectivity index (χ2v) is 7.55. The summed E-state index contributed by atoms with van der Waals surface area (Å²) in [6, 6.07) is 3.29. The van der Waals surface area contributed by atoms with Crippen molar-refractivity contribution in [2.45, 2.75) is 25.1 Å². The van der Waals surface area contributed by atoms with E-state index in [1.165, 1.54) is 12.1 Å². The standard InChI is InChI=1S/C20H13ClF5N3O3/c21-14-7-6-10-16(30)13(32-19(31)28-17(9-4-5-9)20(24,25)26)8-29(18(10)27-14)15-11(22)2-1-3-12(15)23/h1-3,6-9,17H,4-5H2,(H,28,31). The lowest BCUT2D eigenvalue weighted by molar-refractivity contribution is -0.158. The van der Waals surface area contributed by atoms with Gasteiger partial charge in [-0.15, -0.1) is 0 Å². The summed E-state index contributed by atoms with van der Waals surface area (Å²) in [7, 11) is 0. The molecule has 168 valence electrons. The minimum Gasteiger partial charge on any atom is -0.405 e. The first-order chi connectivity index (χ1) is 15.1. The average Bonchev–Trinajstić information content (AvgIpc) is 3.53. The van der Waals surface area contributed by atoms with Crippen molar-refractivity contribution < 1.29 is 31.5 Å². The molecule has 1 aliphatic carbocycles. The molecule has 0 spiro atoms. The molecule has 1 atom stereocenters. The number of para-hydroxylation sites is 1. The Morgan fingerprint density at radius 3 is 2.44 bits per heavy atom. The molecule has 1 saturated carbocycles. The van der Waals surface area contributed by atoms with E-state index in [1.54, 1.807) is 5.32 Å². The van der Waals surface area contributed by atoms with Crippen molar-refractivity contribution in [2.75, 3.05) is 0 Å². The fourth-order valence-electron chi connectivity index (χ4n) is 3.27. The van der Waals surface area contributed by atoms with E-state index in [4.69, 9.17) is 16.3 Å². The van der Waals surface area contributed by atoms with Crippen LogP contribution in [0.25, 0.3) is 16.7 Å². The molecule has 0 radical (unpaired) electrons. The summed E-state index contributed by atoms with van der Waals surface area (Å²) in [6.07, 6.45) is -4.90. The number of amides is 1. The molecule has 0 bridgehead atoms. The molecule has 1 unspecified atom stereocenters. The summed E-state index contributed by atoms with van der Waals surface area (Å²) in [5.41, 5.74) is -1.82. The number of benzene rings is 1. The number of hydrogen-bond acceptors (Lipinski definition) is 4.